The number of carbonyl (C=O) groups is 2. The van der Waals surface area contributed by atoms with E-state index >= 15 is 8.78 Å². The minimum absolute atomic E-state index is 0.0703. The number of carbonyl (C=O) groups excluding carboxylic acids is 2. The number of nitrogens with zero attached hydrogens (tertiary/aromatic N) is 1. The topological polar surface area (TPSA) is 114 Å². The third kappa shape index (κ3) is 8.76. The van der Waals surface area contributed by atoms with Crippen LogP contribution in [0.25, 0.3) is 21.9 Å². The molecule has 2 bridgehead atoms. The highest BCUT2D eigenvalue weighted by molar-refractivity contribution is 7.89. The van der Waals surface area contributed by atoms with Gasteiger partial charge < -0.3 is 19.7 Å². The van der Waals surface area contributed by atoms with E-state index < -0.39 is 45.2 Å². The van der Waals surface area contributed by atoms with Gasteiger partial charge in [0.25, 0.3) is 5.92 Å². The second-order valence-corrected chi connectivity index (χ2v) is 18.1. The molecule has 2 saturated carbocycles. The van der Waals surface area contributed by atoms with Crippen LogP contribution in [0, 0.1) is 11.8 Å². The minimum atomic E-state index is -4.66. The van der Waals surface area contributed by atoms with Crippen LogP contribution in [0.2, 0.25) is 5.02 Å². The third-order valence-electron chi connectivity index (χ3n) is 10.9. The average Bonchev–Trinajstić information content (AvgIpc) is 3.72. The second-order valence-electron chi connectivity index (χ2n) is 16.0. The van der Waals surface area contributed by atoms with E-state index in [1.165, 1.54) is 41.3 Å². The smallest absolute Gasteiger partial charge is 0.407 e. The molecule has 13 heteroatoms. The number of halogens is 3. The van der Waals surface area contributed by atoms with Crippen LogP contribution in [-0.2, 0) is 25.5 Å². The Balaban J connectivity index is 1.16. The first-order chi connectivity index (χ1) is 26.1. The molecule has 9 nitrogen and oxygen atoms in total. The van der Waals surface area contributed by atoms with Crippen LogP contribution in [0.1, 0.15) is 64.9 Å². The van der Waals surface area contributed by atoms with Gasteiger partial charge in [0.05, 0.1) is 11.0 Å². The number of likely N-dealkylation sites (tertiary alicyclic amines) is 1. The normalized spacial score (nSPS) is 21.1. The van der Waals surface area contributed by atoms with E-state index in [-0.39, 0.29) is 42.0 Å². The van der Waals surface area contributed by atoms with E-state index in [0.717, 1.165) is 36.6 Å². The summed E-state index contributed by atoms with van der Waals surface area (Å²) in [6.45, 7) is 5.42. The molecule has 7 rings (SSSR count). The molecule has 55 heavy (non-hydrogen) atoms. The van der Waals surface area contributed by atoms with Crippen molar-refractivity contribution >= 4 is 44.4 Å². The van der Waals surface area contributed by atoms with E-state index in [4.69, 9.17) is 21.1 Å². The Morgan fingerprint density at radius 1 is 0.818 bits per heavy atom. The molecule has 2 N–H and O–H groups in total. The molecule has 2 amide bonds. The van der Waals surface area contributed by atoms with Crippen molar-refractivity contribution in [1.82, 2.24) is 14.9 Å². The van der Waals surface area contributed by atoms with Gasteiger partial charge >= 0.3 is 6.09 Å². The average molecular weight is 794 g/mol. The van der Waals surface area contributed by atoms with Gasteiger partial charge in [-0.3, -0.25) is 4.79 Å². The second kappa shape index (κ2) is 15.3. The number of alkyl carbamates (subject to hydrolysis) is 1. The number of nitrogens with one attached hydrogen (secondary N) is 2. The standard InChI is InChI=1S/C42H46ClF2N3O6S/c1-41(2,3)54-40(50)46-37-30-8-9-31(37)25-48(24-30)39(49)38(42(44,45)32-16-10-26(11-17-32)27-12-18-33(43)19-13-27)47-55(51,52)36-21-15-28-22-35(20-14-29(28)23-36)53-34-6-4-5-7-34/h10-23,30-31,34,37-38,47H,4-9,24-25H2,1-3H3,(H,46,50). The zero-order chi connectivity index (χ0) is 39.1. The molecule has 0 radical (unpaired) electrons. The van der Waals surface area contributed by atoms with Crippen molar-refractivity contribution in [2.24, 2.45) is 11.8 Å². The summed E-state index contributed by atoms with van der Waals surface area (Å²) in [7, 11) is -4.66. The van der Waals surface area contributed by atoms with Crippen molar-refractivity contribution in [3.63, 3.8) is 0 Å². The van der Waals surface area contributed by atoms with E-state index in [0.29, 0.717) is 34.6 Å². The van der Waals surface area contributed by atoms with Crippen LogP contribution in [0.5, 0.6) is 5.75 Å². The summed E-state index contributed by atoms with van der Waals surface area (Å²) >= 11 is 6.03. The Morgan fingerprint density at radius 3 is 2.02 bits per heavy atom. The van der Waals surface area contributed by atoms with E-state index in [9.17, 15) is 18.0 Å². The molecule has 1 aliphatic heterocycles. The molecule has 292 valence electrons. The fourth-order valence-electron chi connectivity index (χ4n) is 8.10. The SMILES string of the molecule is CC(C)(C)OC(=O)NC1C2CCC1CN(C(=O)C(NS(=O)(=O)c1ccc3cc(OC4CCCC4)ccc3c1)C(F)(F)c1ccc(-c3ccc(Cl)cc3)cc1)C2. The summed E-state index contributed by atoms with van der Waals surface area (Å²) in [5.74, 6) is -4.76. The monoisotopic (exact) mass is 793 g/mol. The predicted octanol–water partition coefficient (Wildman–Crippen LogP) is 8.68. The molecule has 3 atom stereocenters. The minimum Gasteiger partial charge on any atom is -0.490 e. The number of fused-ring (bicyclic) bond motifs is 3. The molecule has 0 aromatic heterocycles. The molecule has 1 heterocycles. The summed E-state index contributed by atoms with van der Waals surface area (Å²) in [4.78, 5) is 28.1. The molecule has 3 unspecified atom stereocenters. The van der Waals surface area contributed by atoms with Gasteiger partial charge in [-0.25, -0.2) is 13.2 Å². The predicted molar refractivity (Wildman–Crippen MR) is 208 cm³/mol. The summed E-state index contributed by atoms with van der Waals surface area (Å²) in [6.07, 6.45) is 5.11. The quantitative estimate of drug-likeness (QED) is 0.166. The first kappa shape index (κ1) is 39.0. The highest BCUT2D eigenvalue weighted by Crippen LogP contribution is 2.40. The lowest BCUT2D eigenvalue weighted by molar-refractivity contribution is -0.146. The Hall–Kier alpha value is -4.26. The van der Waals surface area contributed by atoms with Gasteiger partial charge in [-0.2, -0.15) is 13.5 Å². The number of benzene rings is 4. The zero-order valence-electron chi connectivity index (χ0n) is 31.1. The fraction of sp³-hybridized carbons (Fsp3) is 0.429. The van der Waals surface area contributed by atoms with Crippen LogP contribution < -0.4 is 14.8 Å². The number of hydrogen-bond acceptors (Lipinski definition) is 6. The lowest BCUT2D eigenvalue weighted by atomic mass is 9.91. The van der Waals surface area contributed by atoms with Gasteiger partial charge in [0.1, 0.15) is 11.4 Å². The lowest BCUT2D eigenvalue weighted by Crippen LogP contribution is -2.61. The first-order valence-corrected chi connectivity index (χ1v) is 20.7. The molecule has 0 spiro atoms. The first-order valence-electron chi connectivity index (χ1n) is 18.8. The highest BCUT2D eigenvalue weighted by atomic mass is 35.5. The van der Waals surface area contributed by atoms with Gasteiger partial charge in [0.2, 0.25) is 15.9 Å². The van der Waals surface area contributed by atoms with E-state index in [1.807, 2.05) is 6.07 Å². The third-order valence-corrected chi connectivity index (χ3v) is 12.5. The van der Waals surface area contributed by atoms with Crippen LogP contribution in [0.15, 0.2) is 89.8 Å². The van der Waals surface area contributed by atoms with Gasteiger partial charge in [-0.05, 0) is 129 Å². The van der Waals surface area contributed by atoms with Gasteiger partial charge in [0, 0.05) is 29.7 Å². The fourth-order valence-corrected chi connectivity index (χ4v) is 9.45. The van der Waals surface area contributed by atoms with Crippen LogP contribution in [-0.4, -0.2) is 62.2 Å². The molecule has 3 aliphatic rings. The Bertz CT molecular complexity index is 2140. The maximum Gasteiger partial charge on any atom is 0.407 e. The van der Waals surface area contributed by atoms with Crippen molar-refractivity contribution in [2.45, 2.75) is 93.9 Å². The molecule has 1 saturated heterocycles. The van der Waals surface area contributed by atoms with Gasteiger partial charge in [-0.15, -0.1) is 0 Å². The summed E-state index contributed by atoms with van der Waals surface area (Å²) in [6, 6.07) is 19.3. The van der Waals surface area contributed by atoms with Crippen LogP contribution in [0.4, 0.5) is 13.6 Å². The van der Waals surface area contributed by atoms with Gasteiger partial charge in [0.15, 0.2) is 6.04 Å². The maximum atomic E-state index is 16.9. The van der Waals surface area contributed by atoms with Crippen molar-refractivity contribution in [3.8, 4) is 16.9 Å². The van der Waals surface area contributed by atoms with Crippen molar-refractivity contribution in [1.29, 1.82) is 0 Å². The number of rotatable bonds is 10. The highest BCUT2D eigenvalue weighted by Gasteiger charge is 2.52. The number of hydrogen-bond donors (Lipinski definition) is 2. The zero-order valence-corrected chi connectivity index (χ0v) is 32.6. The summed E-state index contributed by atoms with van der Waals surface area (Å²) in [5, 5.41) is 4.76. The Kier molecular flexibility index (Phi) is 10.9. The van der Waals surface area contributed by atoms with Crippen molar-refractivity contribution in [2.75, 3.05) is 13.1 Å². The number of alkyl halides is 2. The number of ether oxygens (including phenoxy) is 2. The van der Waals surface area contributed by atoms with E-state index in [2.05, 4.69) is 10.0 Å². The number of amides is 2. The van der Waals surface area contributed by atoms with Crippen LogP contribution in [0.3, 0.4) is 0 Å². The molecule has 3 fully saturated rings. The van der Waals surface area contributed by atoms with E-state index in [1.54, 1.807) is 63.2 Å². The molecular formula is C42H46ClF2N3O6S. The molecule has 4 aromatic rings. The van der Waals surface area contributed by atoms with Gasteiger partial charge in [-0.1, -0.05) is 60.1 Å². The molecular weight excluding hydrogens is 748 g/mol. The summed E-state index contributed by atoms with van der Waals surface area (Å²) < 4.78 is 75.5. The number of piperidine rings is 1. The van der Waals surface area contributed by atoms with Crippen molar-refractivity contribution < 1.29 is 36.3 Å². The largest absolute Gasteiger partial charge is 0.490 e. The molecule has 2 aliphatic carbocycles. The Morgan fingerprint density at radius 2 is 1.40 bits per heavy atom. The van der Waals surface area contributed by atoms with Crippen molar-refractivity contribution in [3.05, 3.63) is 95.5 Å². The van der Waals surface area contributed by atoms with Crippen LogP contribution >= 0.6 is 11.6 Å². The number of sulfonamides is 1. The molecule has 4 aromatic carbocycles. The summed E-state index contributed by atoms with van der Waals surface area (Å²) in [5.41, 5.74) is 0.160. The maximum absolute atomic E-state index is 16.9. The lowest BCUT2D eigenvalue weighted by Gasteiger charge is -2.40. The Labute approximate surface area is 325 Å².